The summed E-state index contributed by atoms with van der Waals surface area (Å²) in [6.45, 7) is 4.80. The number of halogens is 1. The lowest BCUT2D eigenvalue weighted by molar-refractivity contribution is 0.113. The van der Waals surface area contributed by atoms with Crippen molar-refractivity contribution in [1.29, 1.82) is 0 Å². The van der Waals surface area contributed by atoms with Gasteiger partial charge in [0.25, 0.3) is 0 Å². The number of fused-ring (bicyclic) bond motifs is 1. The monoisotopic (exact) mass is 501 g/mol. The number of aliphatic imine (C=N–C) groups is 1. The van der Waals surface area contributed by atoms with Crippen LogP contribution in [0.25, 0.3) is 0 Å². The van der Waals surface area contributed by atoms with Crippen LogP contribution in [0.4, 0.5) is 0 Å². The Morgan fingerprint density at radius 2 is 2.25 bits per heavy atom. The zero-order chi connectivity index (χ0) is 18.6. The smallest absolute Gasteiger partial charge is 0.192 e. The minimum atomic E-state index is 0. The minimum Gasteiger partial charge on any atom is -0.376 e. The van der Waals surface area contributed by atoms with Gasteiger partial charge in [-0.3, -0.25) is 0 Å². The van der Waals surface area contributed by atoms with E-state index < -0.39 is 0 Å². The van der Waals surface area contributed by atoms with Crippen molar-refractivity contribution in [1.82, 2.24) is 40.2 Å². The molecule has 0 radical (unpaired) electrons. The highest BCUT2D eigenvalue weighted by Crippen LogP contribution is 2.12. The Kier molecular flexibility index (Phi) is 7.21. The molecule has 1 fully saturated rings. The summed E-state index contributed by atoms with van der Waals surface area (Å²) in [5.41, 5.74) is 0. The first kappa shape index (κ1) is 21.0. The van der Waals surface area contributed by atoms with Crippen LogP contribution in [0.2, 0.25) is 0 Å². The highest BCUT2D eigenvalue weighted by atomic mass is 127. The van der Waals surface area contributed by atoms with E-state index in [1.54, 1.807) is 6.33 Å². The molecular weight excluding hydrogens is 473 g/mol. The fourth-order valence-electron chi connectivity index (χ4n) is 3.46. The SMILES string of the molecule is Cc1nnc(CN=C(NCC2CCCO2)NC2CCc3ncnn3C2)n1C.I. The lowest BCUT2D eigenvalue weighted by Crippen LogP contribution is -2.48. The third-order valence-electron chi connectivity index (χ3n) is 5.23. The standard InChI is InChI=1S/C17H27N9O.HI/c1-12-23-24-16(25(12)2)9-19-17(18-8-14-4-3-7-27-14)22-13-5-6-15-20-11-21-26(15)10-13;/h11,13-14H,3-10H2,1-2H3,(H2,18,19,22);1H. The van der Waals surface area contributed by atoms with Crippen molar-refractivity contribution in [2.75, 3.05) is 13.2 Å². The Morgan fingerprint density at radius 3 is 3.00 bits per heavy atom. The molecule has 1 saturated heterocycles. The van der Waals surface area contributed by atoms with Crippen LogP contribution in [-0.2, 0) is 31.3 Å². The Hall–Kier alpha value is -1.76. The molecule has 28 heavy (non-hydrogen) atoms. The van der Waals surface area contributed by atoms with Crippen molar-refractivity contribution in [3.8, 4) is 0 Å². The van der Waals surface area contributed by atoms with Gasteiger partial charge in [0, 0.05) is 32.7 Å². The van der Waals surface area contributed by atoms with Crippen LogP contribution in [0.15, 0.2) is 11.3 Å². The molecule has 2 atom stereocenters. The molecule has 2 aliphatic heterocycles. The summed E-state index contributed by atoms with van der Waals surface area (Å²) in [4.78, 5) is 9.03. The predicted octanol–water partition coefficient (Wildman–Crippen LogP) is 0.562. The summed E-state index contributed by atoms with van der Waals surface area (Å²) >= 11 is 0. The third kappa shape index (κ3) is 4.99. The molecule has 4 rings (SSSR count). The number of guanidine groups is 1. The van der Waals surface area contributed by atoms with E-state index in [1.165, 1.54) is 0 Å². The van der Waals surface area contributed by atoms with Gasteiger partial charge in [0.05, 0.1) is 12.6 Å². The second-order valence-electron chi connectivity index (χ2n) is 7.14. The molecular formula is C17H28IN9O. The lowest BCUT2D eigenvalue weighted by Gasteiger charge is -2.26. The molecule has 2 aromatic heterocycles. The van der Waals surface area contributed by atoms with E-state index in [0.29, 0.717) is 6.54 Å². The van der Waals surface area contributed by atoms with Crippen LogP contribution < -0.4 is 10.6 Å². The highest BCUT2D eigenvalue weighted by molar-refractivity contribution is 14.0. The number of aryl methyl sites for hydroxylation is 2. The molecule has 2 aromatic rings. The van der Waals surface area contributed by atoms with E-state index in [9.17, 15) is 0 Å². The van der Waals surface area contributed by atoms with Gasteiger partial charge in [-0.2, -0.15) is 5.10 Å². The van der Waals surface area contributed by atoms with E-state index >= 15 is 0 Å². The summed E-state index contributed by atoms with van der Waals surface area (Å²) in [7, 11) is 1.96. The van der Waals surface area contributed by atoms with Crippen LogP contribution in [0.3, 0.4) is 0 Å². The molecule has 0 saturated carbocycles. The number of nitrogens with zero attached hydrogens (tertiary/aromatic N) is 7. The minimum absolute atomic E-state index is 0. The normalized spacial score (nSPS) is 21.9. The molecule has 0 spiro atoms. The second-order valence-corrected chi connectivity index (χ2v) is 7.14. The van der Waals surface area contributed by atoms with Crippen LogP contribution in [0.1, 0.15) is 36.7 Å². The zero-order valence-electron chi connectivity index (χ0n) is 16.3. The van der Waals surface area contributed by atoms with E-state index in [-0.39, 0.29) is 36.1 Å². The highest BCUT2D eigenvalue weighted by Gasteiger charge is 2.22. The van der Waals surface area contributed by atoms with Gasteiger partial charge < -0.3 is 19.9 Å². The van der Waals surface area contributed by atoms with Crippen LogP contribution in [0.5, 0.6) is 0 Å². The second kappa shape index (κ2) is 9.63. The van der Waals surface area contributed by atoms with Crippen LogP contribution in [-0.4, -0.2) is 60.8 Å². The van der Waals surface area contributed by atoms with Gasteiger partial charge >= 0.3 is 0 Å². The molecule has 2 aliphatic rings. The van der Waals surface area contributed by atoms with Gasteiger partial charge in [0.2, 0.25) is 0 Å². The first-order chi connectivity index (χ1) is 13.2. The molecule has 0 aliphatic carbocycles. The van der Waals surface area contributed by atoms with Crippen molar-refractivity contribution in [3.63, 3.8) is 0 Å². The Bertz CT molecular complexity index is 796. The third-order valence-corrected chi connectivity index (χ3v) is 5.23. The predicted molar refractivity (Wildman–Crippen MR) is 115 cm³/mol. The Balaban J connectivity index is 0.00000225. The lowest BCUT2D eigenvalue weighted by atomic mass is 10.1. The maximum Gasteiger partial charge on any atom is 0.192 e. The van der Waals surface area contributed by atoms with Crippen LogP contribution in [0, 0.1) is 6.92 Å². The van der Waals surface area contributed by atoms with Gasteiger partial charge in [0.15, 0.2) is 11.8 Å². The van der Waals surface area contributed by atoms with Gasteiger partial charge in [-0.15, -0.1) is 34.2 Å². The zero-order valence-corrected chi connectivity index (χ0v) is 18.7. The molecule has 154 valence electrons. The molecule has 2 unspecified atom stereocenters. The van der Waals surface area contributed by atoms with Crippen molar-refractivity contribution in [3.05, 3.63) is 23.8 Å². The van der Waals surface area contributed by atoms with E-state index in [1.807, 2.05) is 23.2 Å². The fourth-order valence-corrected chi connectivity index (χ4v) is 3.46. The molecule has 0 amide bonds. The number of nitrogens with one attached hydrogen (secondary N) is 2. The molecule has 11 heteroatoms. The van der Waals surface area contributed by atoms with Gasteiger partial charge in [-0.1, -0.05) is 0 Å². The van der Waals surface area contributed by atoms with E-state index in [2.05, 4.69) is 30.9 Å². The van der Waals surface area contributed by atoms with Gasteiger partial charge in [0.1, 0.15) is 24.5 Å². The van der Waals surface area contributed by atoms with Gasteiger partial charge in [-0.05, 0) is 26.2 Å². The number of rotatable bonds is 5. The van der Waals surface area contributed by atoms with E-state index in [4.69, 9.17) is 9.73 Å². The number of aromatic nitrogens is 6. The van der Waals surface area contributed by atoms with E-state index in [0.717, 1.165) is 68.8 Å². The number of hydrogen-bond acceptors (Lipinski definition) is 6. The topological polar surface area (TPSA) is 107 Å². The summed E-state index contributed by atoms with van der Waals surface area (Å²) in [5.74, 6) is 3.55. The first-order valence-corrected chi connectivity index (χ1v) is 9.57. The Labute approximate surface area is 181 Å². The average Bonchev–Trinajstić information content (AvgIpc) is 3.41. The van der Waals surface area contributed by atoms with Crippen molar-refractivity contribution in [2.45, 2.75) is 57.8 Å². The number of ether oxygens (including phenoxy) is 1. The Morgan fingerprint density at radius 1 is 1.36 bits per heavy atom. The quantitative estimate of drug-likeness (QED) is 0.351. The molecule has 4 heterocycles. The largest absolute Gasteiger partial charge is 0.376 e. The summed E-state index contributed by atoms with van der Waals surface area (Å²) in [5, 5.41) is 19.6. The molecule has 2 N–H and O–H groups in total. The van der Waals surface area contributed by atoms with Crippen molar-refractivity contribution in [2.24, 2.45) is 12.0 Å². The average molecular weight is 501 g/mol. The summed E-state index contributed by atoms with van der Waals surface area (Å²) in [6.07, 6.45) is 6.01. The van der Waals surface area contributed by atoms with Crippen molar-refractivity contribution >= 4 is 29.9 Å². The van der Waals surface area contributed by atoms with Crippen molar-refractivity contribution < 1.29 is 4.74 Å². The molecule has 0 bridgehead atoms. The van der Waals surface area contributed by atoms with Gasteiger partial charge in [-0.25, -0.2) is 14.7 Å². The molecule has 0 aromatic carbocycles. The summed E-state index contributed by atoms with van der Waals surface area (Å²) in [6, 6.07) is 0.260. The summed E-state index contributed by atoms with van der Waals surface area (Å²) < 4.78 is 9.65. The number of hydrogen-bond donors (Lipinski definition) is 2. The first-order valence-electron chi connectivity index (χ1n) is 9.57. The maximum absolute atomic E-state index is 5.72. The molecule has 10 nitrogen and oxygen atoms in total. The maximum atomic E-state index is 5.72. The van der Waals surface area contributed by atoms with Crippen LogP contribution >= 0.6 is 24.0 Å². The fraction of sp³-hybridized carbons (Fsp3) is 0.706.